The molecule has 0 saturated carbocycles. The van der Waals surface area contributed by atoms with Crippen molar-refractivity contribution in [2.45, 2.75) is 13.3 Å². The van der Waals surface area contributed by atoms with Crippen LogP contribution in [0.15, 0.2) is 17.5 Å². The molecule has 1 aromatic carbocycles. The number of benzene rings is 1. The Morgan fingerprint density at radius 1 is 1.50 bits per heavy atom. The van der Waals surface area contributed by atoms with Crippen LogP contribution in [0, 0.1) is 0 Å². The van der Waals surface area contributed by atoms with Crippen LogP contribution in [0.4, 0.5) is 0 Å². The van der Waals surface area contributed by atoms with Gasteiger partial charge in [-0.2, -0.15) is 0 Å². The number of aryl methyl sites for hydroxylation is 1. The van der Waals surface area contributed by atoms with Crippen LogP contribution < -0.4 is 0 Å². The third kappa shape index (κ3) is 1.35. The van der Waals surface area contributed by atoms with Crippen molar-refractivity contribution in [2.75, 3.05) is 0 Å². The molecule has 2 aromatic rings. The molecule has 0 bridgehead atoms. The van der Waals surface area contributed by atoms with Gasteiger partial charge in [-0.15, -0.1) is 11.3 Å². The third-order valence-corrected chi connectivity index (χ3v) is 3.70. The largest absolute Gasteiger partial charge is 0.298 e. The highest BCUT2D eigenvalue weighted by atomic mass is 35.5. The lowest BCUT2D eigenvalue weighted by molar-refractivity contribution is 0.112. The van der Waals surface area contributed by atoms with Crippen molar-refractivity contribution in [1.29, 1.82) is 0 Å². The highest BCUT2D eigenvalue weighted by Gasteiger charge is 2.10. The second-order valence-electron chi connectivity index (χ2n) is 3.07. The molecule has 0 saturated heterocycles. The average molecular weight is 225 g/mol. The van der Waals surface area contributed by atoms with Gasteiger partial charge in [0.15, 0.2) is 6.29 Å². The Balaban J connectivity index is 2.87. The van der Waals surface area contributed by atoms with Crippen molar-refractivity contribution in [2.24, 2.45) is 0 Å². The molecule has 0 aliphatic rings. The highest BCUT2D eigenvalue weighted by molar-refractivity contribution is 7.17. The number of aldehydes is 1. The summed E-state index contributed by atoms with van der Waals surface area (Å²) in [6, 6.07) is 4.02. The molecule has 0 fully saturated rings. The van der Waals surface area contributed by atoms with Crippen molar-refractivity contribution in [1.82, 2.24) is 0 Å². The second-order valence-corrected chi connectivity index (χ2v) is 4.38. The summed E-state index contributed by atoms with van der Waals surface area (Å²) >= 11 is 7.61. The zero-order chi connectivity index (χ0) is 10.1. The van der Waals surface area contributed by atoms with E-state index in [-0.39, 0.29) is 0 Å². The first-order valence-corrected chi connectivity index (χ1v) is 5.67. The molecule has 0 amide bonds. The van der Waals surface area contributed by atoms with Crippen LogP contribution in [0.5, 0.6) is 0 Å². The van der Waals surface area contributed by atoms with Crippen LogP contribution in [-0.2, 0) is 6.42 Å². The first kappa shape index (κ1) is 9.69. The van der Waals surface area contributed by atoms with E-state index >= 15 is 0 Å². The standard InChI is InChI=1S/C11H9ClOS/c1-2-7-3-4-10-11(8(7)5-13)9(12)6-14-10/h3-6H,2H2,1H3. The SMILES string of the molecule is CCc1ccc2scc(Cl)c2c1C=O. The summed E-state index contributed by atoms with van der Waals surface area (Å²) in [7, 11) is 0. The number of hydrogen-bond acceptors (Lipinski definition) is 2. The number of rotatable bonds is 2. The van der Waals surface area contributed by atoms with Gasteiger partial charge in [-0.05, 0) is 18.1 Å². The van der Waals surface area contributed by atoms with E-state index in [1.165, 1.54) is 0 Å². The number of halogens is 1. The summed E-state index contributed by atoms with van der Waals surface area (Å²) in [5.74, 6) is 0. The van der Waals surface area contributed by atoms with Crippen LogP contribution in [0.1, 0.15) is 22.8 Å². The Morgan fingerprint density at radius 2 is 2.29 bits per heavy atom. The van der Waals surface area contributed by atoms with Crippen molar-refractivity contribution in [3.8, 4) is 0 Å². The second kappa shape index (κ2) is 3.71. The summed E-state index contributed by atoms with van der Waals surface area (Å²) in [5.41, 5.74) is 1.81. The molecule has 0 unspecified atom stereocenters. The summed E-state index contributed by atoms with van der Waals surface area (Å²) in [6.07, 6.45) is 1.76. The van der Waals surface area contributed by atoms with Gasteiger partial charge in [0, 0.05) is 21.0 Å². The van der Waals surface area contributed by atoms with Crippen molar-refractivity contribution in [3.05, 3.63) is 33.7 Å². The first-order chi connectivity index (χ1) is 6.77. The summed E-state index contributed by atoms with van der Waals surface area (Å²) in [6.45, 7) is 2.04. The van der Waals surface area contributed by atoms with E-state index in [0.29, 0.717) is 5.02 Å². The Labute approximate surface area is 91.3 Å². The molecule has 0 spiro atoms. The Bertz CT molecular complexity index is 487. The molecule has 72 valence electrons. The van der Waals surface area contributed by atoms with Gasteiger partial charge in [0.2, 0.25) is 0 Å². The molecule has 2 rings (SSSR count). The molecule has 0 atom stereocenters. The van der Waals surface area contributed by atoms with Gasteiger partial charge in [-0.3, -0.25) is 4.79 Å². The molecule has 0 radical (unpaired) electrons. The molecule has 0 aliphatic heterocycles. The quantitative estimate of drug-likeness (QED) is 0.707. The first-order valence-electron chi connectivity index (χ1n) is 4.41. The van der Waals surface area contributed by atoms with Crippen LogP contribution in [-0.4, -0.2) is 6.29 Å². The van der Waals surface area contributed by atoms with Gasteiger partial charge < -0.3 is 0 Å². The lowest BCUT2D eigenvalue weighted by Crippen LogP contribution is -1.90. The fourth-order valence-corrected chi connectivity index (χ4v) is 2.83. The monoisotopic (exact) mass is 224 g/mol. The Hall–Kier alpha value is -0.860. The van der Waals surface area contributed by atoms with Crippen LogP contribution >= 0.6 is 22.9 Å². The smallest absolute Gasteiger partial charge is 0.151 e. The maximum absolute atomic E-state index is 11.0. The maximum Gasteiger partial charge on any atom is 0.151 e. The Morgan fingerprint density at radius 3 is 2.93 bits per heavy atom. The molecule has 0 N–H and O–H groups in total. The minimum atomic E-state index is 0.683. The predicted molar refractivity (Wildman–Crippen MR) is 61.6 cm³/mol. The van der Waals surface area contributed by atoms with Gasteiger partial charge >= 0.3 is 0 Å². The molecule has 3 heteroatoms. The van der Waals surface area contributed by atoms with Gasteiger partial charge in [0.1, 0.15) is 0 Å². The van der Waals surface area contributed by atoms with Crippen molar-refractivity contribution in [3.63, 3.8) is 0 Å². The van der Waals surface area contributed by atoms with Crippen molar-refractivity contribution < 1.29 is 4.79 Å². The predicted octanol–water partition coefficient (Wildman–Crippen LogP) is 3.93. The normalized spacial score (nSPS) is 10.7. The van der Waals surface area contributed by atoms with Gasteiger partial charge in [0.05, 0.1) is 5.02 Å². The summed E-state index contributed by atoms with van der Waals surface area (Å²) in [5, 5.41) is 3.46. The third-order valence-electron chi connectivity index (χ3n) is 2.32. The van der Waals surface area contributed by atoms with E-state index in [9.17, 15) is 4.79 Å². The molecule has 0 aliphatic carbocycles. The minimum Gasteiger partial charge on any atom is -0.298 e. The van der Waals surface area contributed by atoms with Crippen LogP contribution in [0.2, 0.25) is 5.02 Å². The molecule has 1 nitrogen and oxygen atoms in total. The number of carbonyl (C=O) groups excluding carboxylic acids is 1. The van der Waals surface area contributed by atoms with E-state index in [4.69, 9.17) is 11.6 Å². The molecular formula is C11H9ClOS. The van der Waals surface area contributed by atoms with E-state index in [2.05, 4.69) is 0 Å². The summed E-state index contributed by atoms with van der Waals surface area (Å²) < 4.78 is 1.08. The van der Waals surface area contributed by atoms with Gasteiger partial charge in [-0.1, -0.05) is 24.6 Å². The lowest BCUT2D eigenvalue weighted by atomic mass is 10.0. The maximum atomic E-state index is 11.0. The summed E-state index contributed by atoms with van der Waals surface area (Å²) in [4.78, 5) is 11.0. The number of fused-ring (bicyclic) bond motifs is 1. The fourth-order valence-electron chi connectivity index (χ4n) is 1.60. The number of carbonyl (C=O) groups is 1. The van der Waals surface area contributed by atoms with E-state index in [0.717, 1.165) is 33.9 Å². The van der Waals surface area contributed by atoms with E-state index < -0.39 is 0 Å². The highest BCUT2D eigenvalue weighted by Crippen LogP contribution is 2.33. The van der Waals surface area contributed by atoms with E-state index in [1.807, 2.05) is 24.4 Å². The molecular weight excluding hydrogens is 216 g/mol. The van der Waals surface area contributed by atoms with Crippen molar-refractivity contribution >= 4 is 39.3 Å². The molecule has 1 aromatic heterocycles. The molecule has 14 heavy (non-hydrogen) atoms. The lowest BCUT2D eigenvalue weighted by Gasteiger charge is -2.02. The van der Waals surface area contributed by atoms with Gasteiger partial charge in [-0.25, -0.2) is 0 Å². The fraction of sp³-hybridized carbons (Fsp3) is 0.182. The van der Waals surface area contributed by atoms with E-state index in [1.54, 1.807) is 11.3 Å². The number of hydrogen-bond donors (Lipinski definition) is 0. The zero-order valence-corrected chi connectivity index (χ0v) is 9.28. The average Bonchev–Trinajstić information content (AvgIpc) is 2.59. The zero-order valence-electron chi connectivity index (χ0n) is 7.71. The van der Waals surface area contributed by atoms with Crippen LogP contribution in [0.25, 0.3) is 10.1 Å². The molecule has 1 heterocycles. The Kier molecular flexibility index (Phi) is 2.57. The number of thiophene rings is 1. The minimum absolute atomic E-state index is 0.683. The van der Waals surface area contributed by atoms with Crippen LogP contribution in [0.3, 0.4) is 0 Å². The topological polar surface area (TPSA) is 17.1 Å². The van der Waals surface area contributed by atoms with Gasteiger partial charge in [0.25, 0.3) is 0 Å².